The molecule has 0 spiro atoms. The summed E-state index contributed by atoms with van der Waals surface area (Å²) in [6.45, 7) is 5.48. The molecule has 0 radical (unpaired) electrons. The Balaban J connectivity index is 1.90. The standard InChI is InChI=1S/C18H21IN2/c1-18(15-7-3-2-4-8-15)14-21(12-6-11-20-18)17-10-5-9-16(19)13-17/h2-5,7-10,13,20H,6,11-12,14H2,1H3. The average Bonchev–Trinajstić information content (AvgIpc) is 2.71. The first-order chi connectivity index (χ1) is 10.2. The van der Waals surface area contributed by atoms with Crippen LogP contribution in [0.25, 0.3) is 0 Å². The van der Waals surface area contributed by atoms with Crippen molar-refractivity contribution in [2.45, 2.75) is 18.9 Å². The Morgan fingerprint density at radius 2 is 1.90 bits per heavy atom. The Bertz CT molecular complexity index is 599. The van der Waals surface area contributed by atoms with Gasteiger partial charge in [-0.1, -0.05) is 36.4 Å². The van der Waals surface area contributed by atoms with Crippen LogP contribution in [0.4, 0.5) is 5.69 Å². The van der Waals surface area contributed by atoms with Crippen LogP contribution in [0.5, 0.6) is 0 Å². The number of hydrogen-bond acceptors (Lipinski definition) is 2. The molecule has 2 aromatic rings. The highest BCUT2D eigenvalue weighted by Crippen LogP contribution is 2.27. The maximum atomic E-state index is 3.75. The quantitative estimate of drug-likeness (QED) is 0.778. The number of nitrogens with one attached hydrogen (secondary N) is 1. The smallest absolute Gasteiger partial charge is 0.0583 e. The fraction of sp³-hybridized carbons (Fsp3) is 0.333. The minimum absolute atomic E-state index is 0.000955. The van der Waals surface area contributed by atoms with Crippen molar-refractivity contribution in [3.63, 3.8) is 0 Å². The van der Waals surface area contributed by atoms with Crippen LogP contribution in [0.3, 0.4) is 0 Å². The van der Waals surface area contributed by atoms with Gasteiger partial charge in [-0.05, 0) is 66.2 Å². The predicted octanol–water partition coefficient (Wildman–Crippen LogP) is 4.01. The Hall–Kier alpha value is -1.07. The molecule has 1 unspecified atom stereocenters. The molecule has 110 valence electrons. The van der Waals surface area contributed by atoms with Crippen molar-refractivity contribution >= 4 is 28.3 Å². The number of halogens is 1. The van der Waals surface area contributed by atoms with Crippen LogP contribution in [0.1, 0.15) is 18.9 Å². The van der Waals surface area contributed by atoms with Crippen LogP contribution < -0.4 is 10.2 Å². The normalized spacial score (nSPS) is 22.9. The van der Waals surface area contributed by atoms with Gasteiger partial charge in [0.25, 0.3) is 0 Å². The summed E-state index contributed by atoms with van der Waals surface area (Å²) in [6.07, 6.45) is 1.17. The van der Waals surface area contributed by atoms with Crippen molar-refractivity contribution in [2.24, 2.45) is 0 Å². The third-order valence-electron chi connectivity index (χ3n) is 4.21. The van der Waals surface area contributed by atoms with E-state index in [1.165, 1.54) is 21.2 Å². The van der Waals surface area contributed by atoms with Gasteiger partial charge in [0.05, 0.1) is 5.54 Å². The molecule has 1 saturated heterocycles. The summed E-state index contributed by atoms with van der Waals surface area (Å²) in [7, 11) is 0. The summed E-state index contributed by atoms with van der Waals surface area (Å²) in [6, 6.07) is 19.6. The Morgan fingerprint density at radius 3 is 2.67 bits per heavy atom. The van der Waals surface area contributed by atoms with E-state index < -0.39 is 0 Å². The minimum atomic E-state index is -0.000955. The first kappa shape index (κ1) is 14.9. The Kier molecular flexibility index (Phi) is 4.50. The SMILES string of the molecule is CC1(c2ccccc2)CN(c2cccc(I)c2)CCCN1. The van der Waals surface area contributed by atoms with Gasteiger partial charge in [-0.2, -0.15) is 0 Å². The van der Waals surface area contributed by atoms with E-state index in [1.807, 2.05) is 0 Å². The summed E-state index contributed by atoms with van der Waals surface area (Å²) in [5.41, 5.74) is 2.69. The molecule has 0 amide bonds. The molecule has 1 fully saturated rings. The van der Waals surface area contributed by atoms with Gasteiger partial charge in [0, 0.05) is 22.3 Å². The topological polar surface area (TPSA) is 15.3 Å². The maximum absolute atomic E-state index is 3.75. The summed E-state index contributed by atoms with van der Waals surface area (Å²) in [5.74, 6) is 0. The van der Waals surface area contributed by atoms with E-state index in [0.717, 1.165) is 19.6 Å². The number of anilines is 1. The van der Waals surface area contributed by atoms with Crippen molar-refractivity contribution in [1.29, 1.82) is 0 Å². The van der Waals surface area contributed by atoms with E-state index in [-0.39, 0.29) is 5.54 Å². The van der Waals surface area contributed by atoms with E-state index in [2.05, 4.69) is 94.3 Å². The average molecular weight is 392 g/mol. The van der Waals surface area contributed by atoms with Crippen LogP contribution in [0.2, 0.25) is 0 Å². The highest BCUT2D eigenvalue weighted by atomic mass is 127. The lowest BCUT2D eigenvalue weighted by Gasteiger charge is -2.35. The molecular formula is C18H21IN2. The molecule has 21 heavy (non-hydrogen) atoms. The van der Waals surface area contributed by atoms with Crippen LogP contribution >= 0.6 is 22.6 Å². The van der Waals surface area contributed by atoms with Gasteiger partial charge in [-0.15, -0.1) is 0 Å². The van der Waals surface area contributed by atoms with Gasteiger partial charge < -0.3 is 10.2 Å². The Morgan fingerprint density at radius 1 is 1.10 bits per heavy atom. The van der Waals surface area contributed by atoms with Gasteiger partial charge in [0.15, 0.2) is 0 Å². The predicted molar refractivity (Wildman–Crippen MR) is 97.8 cm³/mol. The lowest BCUT2D eigenvalue weighted by Crippen LogP contribution is -2.46. The van der Waals surface area contributed by atoms with Gasteiger partial charge in [0.1, 0.15) is 0 Å². The number of nitrogens with zero attached hydrogens (tertiary/aromatic N) is 1. The van der Waals surface area contributed by atoms with Gasteiger partial charge >= 0.3 is 0 Å². The lowest BCUT2D eigenvalue weighted by molar-refractivity contribution is 0.392. The fourth-order valence-corrected chi connectivity index (χ4v) is 3.57. The summed E-state index contributed by atoms with van der Waals surface area (Å²) < 4.78 is 1.30. The molecule has 0 bridgehead atoms. The second kappa shape index (κ2) is 6.36. The zero-order chi connectivity index (χ0) is 14.7. The molecule has 0 aliphatic carbocycles. The van der Waals surface area contributed by atoms with Crippen molar-refractivity contribution in [3.8, 4) is 0 Å². The third kappa shape index (κ3) is 3.40. The van der Waals surface area contributed by atoms with E-state index in [1.54, 1.807) is 0 Å². The number of benzene rings is 2. The molecule has 3 heteroatoms. The third-order valence-corrected chi connectivity index (χ3v) is 4.88. The highest BCUT2D eigenvalue weighted by molar-refractivity contribution is 14.1. The van der Waals surface area contributed by atoms with Crippen LogP contribution in [-0.2, 0) is 5.54 Å². The fourth-order valence-electron chi connectivity index (χ4n) is 3.04. The molecule has 1 aliphatic heterocycles. The van der Waals surface area contributed by atoms with Gasteiger partial charge in [-0.3, -0.25) is 0 Å². The molecule has 2 nitrogen and oxygen atoms in total. The molecule has 1 aliphatic rings. The van der Waals surface area contributed by atoms with Crippen LogP contribution in [0.15, 0.2) is 54.6 Å². The zero-order valence-electron chi connectivity index (χ0n) is 12.3. The molecule has 0 saturated carbocycles. The van der Waals surface area contributed by atoms with Crippen LogP contribution in [-0.4, -0.2) is 19.6 Å². The number of hydrogen-bond donors (Lipinski definition) is 1. The van der Waals surface area contributed by atoms with E-state index in [9.17, 15) is 0 Å². The van der Waals surface area contributed by atoms with Crippen molar-refractivity contribution in [1.82, 2.24) is 5.32 Å². The monoisotopic (exact) mass is 392 g/mol. The summed E-state index contributed by atoms with van der Waals surface area (Å²) in [5, 5.41) is 3.75. The Labute approximate surface area is 140 Å². The van der Waals surface area contributed by atoms with Crippen molar-refractivity contribution in [3.05, 3.63) is 63.7 Å². The van der Waals surface area contributed by atoms with E-state index >= 15 is 0 Å². The first-order valence-electron chi connectivity index (χ1n) is 7.48. The van der Waals surface area contributed by atoms with Gasteiger partial charge in [0.2, 0.25) is 0 Å². The molecule has 1 N–H and O–H groups in total. The molecule has 1 heterocycles. The highest BCUT2D eigenvalue weighted by Gasteiger charge is 2.30. The first-order valence-corrected chi connectivity index (χ1v) is 8.56. The summed E-state index contributed by atoms with van der Waals surface area (Å²) >= 11 is 2.39. The lowest BCUT2D eigenvalue weighted by atomic mass is 9.91. The maximum Gasteiger partial charge on any atom is 0.0583 e. The molecule has 3 rings (SSSR count). The van der Waals surface area contributed by atoms with Crippen molar-refractivity contribution < 1.29 is 0 Å². The van der Waals surface area contributed by atoms with Gasteiger partial charge in [-0.25, -0.2) is 0 Å². The molecule has 1 atom stereocenters. The number of rotatable bonds is 2. The van der Waals surface area contributed by atoms with E-state index in [4.69, 9.17) is 0 Å². The zero-order valence-corrected chi connectivity index (χ0v) is 14.5. The molecular weight excluding hydrogens is 371 g/mol. The second-order valence-electron chi connectivity index (χ2n) is 5.88. The minimum Gasteiger partial charge on any atom is -0.369 e. The van der Waals surface area contributed by atoms with E-state index in [0.29, 0.717) is 0 Å². The van der Waals surface area contributed by atoms with Crippen molar-refractivity contribution in [2.75, 3.05) is 24.5 Å². The molecule has 2 aromatic carbocycles. The van der Waals surface area contributed by atoms with Crippen LogP contribution in [0, 0.1) is 3.57 Å². The largest absolute Gasteiger partial charge is 0.369 e. The summed E-state index contributed by atoms with van der Waals surface area (Å²) in [4.78, 5) is 2.51. The second-order valence-corrected chi connectivity index (χ2v) is 7.13. The molecule has 0 aromatic heterocycles.